The molecule has 1 amide bonds. The van der Waals surface area contributed by atoms with Gasteiger partial charge in [-0.15, -0.1) is 0 Å². The van der Waals surface area contributed by atoms with E-state index in [0.717, 1.165) is 12.8 Å². The van der Waals surface area contributed by atoms with E-state index in [1.54, 1.807) is 13.8 Å². The Labute approximate surface area is 103 Å². The van der Waals surface area contributed by atoms with Crippen molar-refractivity contribution in [3.8, 4) is 0 Å². The Morgan fingerprint density at radius 3 is 2.18 bits per heavy atom. The monoisotopic (exact) mass is 263 g/mol. The highest BCUT2D eigenvalue weighted by Crippen LogP contribution is 2.30. The number of rotatable bonds is 5. The molecule has 0 atom stereocenters. The van der Waals surface area contributed by atoms with E-state index in [1.165, 1.54) is 11.4 Å². The number of carbonyl (C=O) groups is 1. The van der Waals surface area contributed by atoms with E-state index in [1.807, 2.05) is 0 Å². The minimum absolute atomic E-state index is 0.168. The van der Waals surface area contributed by atoms with Crippen molar-refractivity contribution >= 4 is 16.1 Å². The molecule has 17 heavy (non-hydrogen) atoms. The third-order valence-corrected chi connectivity index (χ3v) is 5.19. The number of amides is 1. The van der Waals surface area contributed by atoms with Crippen LogP contribution < -0.4 is 10.5 Å². The van der Waals surface area contributed by atoms with E-state index in [9.17, 15) is 13.2 Å². The van der Waals surface area contributed by atoms with E-state index in [2.05, 4.69) is 4.72 Å². The molecule has 7 heteroatoms. The fraction of sp³-hybridized carbons (Fsp3) is 0.900. The van der Waals surface area contributed by atoms with Crippen molar-refractivity contribution in [1.82, 2.24) is 9.03 Å². The van der Waals surface area contributed by atoms with Gasteiger partial charge in [-0.3, -0.25) is 4.79 Å². The van der Waals surface area contributed by atoms with Crippen LogP contribution in [0.3, 0.4) is 0 Å². The van der Waals surface area contributed by atoms with Gasteiger partial charge >= 0.3 is 0 Å². The fourth-order valence-electron chi connectivity index (χ4n) is 1.97. The van der Waals surface area contributed by atoms with Crippen LogP contribution in [-0.2, 0) is 15.0 Å². The van der Waals surface area contributed by atoms with Crippen molar-refractivity contribution < 1.29 is 13.2 Å². The summed E-state index contributed by atoms with van der Waals surface area (Å²) >= 11 is 0. The highest BCUT2D eigenvalue weighted by atomic mass is 32.2. The molecule has 1 fully saturated rings. The number of carbonyl (C=O) groups excluding carboxylic acids is 1. The smallest absolute Gasteiger partial charge is 0.280 e. The SMILES string of the molecule is CC(C)N(C)S(=O)(=O)NC1(C(N)=O)CCCC1. The summed E-state index contributed by atoms with van der Waals surface area (Å²) in [6.07, 6.45) is 2.59. The molecule has 0 radical (unpaired) electrons. The van der Waals surface area contributed by atoms with Gasteiger partial charge < -0.3 is 5.73 Å². The zero-order chi connectivity index (χ0) is 13.3. The maximum atomic E-state index is 12.0. The van der Waals surface area contributed by atoms with Crippen LogP contribution in [0.2, 0.25) is 0 Å². The average Bonchev–Trinajstić information content (AvgIpc) is 2.65. The van der Waals surface area contributed by atoms with Crippen molar-refractivity contribution in [3.63, 3.8) is 0 Å². The zero-order valence-corrected chi connectivity index (χ0v) is 11.4. The number of nitrogens with zero attached hydrogens (tertiary/aromatic N) is 1. The molecule has 1 rings (SSSR count). The van der Waals surface area contributed by atoms with Gasteiger partial charge in [0.05, 0.1) is 0 Å². The van der Waals surface area contributed by atoms with E-state index in [4.69, 9.17) is 5.73 Å². The molecule has 3 N–H and O–H groups in total. The first-order chi connectivity index (χ1) is 7.71. The minimum atomic E-state index is -3.66. The molecule has 0 saturated heterocycles. The number of hydrogen-bond donors (Lipinski definition) is 2. The third kappa shape index (κ3) is 2.97. The lowest BCUT2D eigenvalue weighted by atomic mass is 9.99. The quantitative estimate of drug-likeness (QED) is 0.729. The van der Waals surface area contributed by atoms with Gasteiger partial charge in [-0.25, -0.2) is 0 Å². The first-order valence-electron chi connectivity index (χ1n) is 5.78. The molecule has 0 aromatic carbocycles. The van der Waals surface area contributed by atoms with Crippen LogP contribution in [0.4, 0.5) is 0 Å². The van der Waals surface area contributed by atoms with Gasteiger partial charge in [0.25, 0.3) is 10.2 Å². The first-order valence-corrected chi connectivity index (χ1v) is 7.22. The van der Waals surface area contributed by atoms with Crippen LogP contribution in [0.25, 0.3) is 0 Å². The summed E-state index contributed by atoms with van der Waals surface area (Å²) in [5, 5.41) is 0. The molecule has 100 valence electrons. The maximum absolute atomic E-state index is 12.0. The van der Waals surface area contributed by atoms with Gasteiger partial charge in [0.1, 0.15) is 5.54 Å². The summed E-state index contributed by atoms with van der Waals surface area (Å²) < 4.78 is 27.8. The molecule has 0 unspecified atom stereocenters. The summed E-state index contributed by atoms with van der Waals surface area (Å²) in [6.45, 7) is 3.54. The van der Waals surface area contributed by atoms with Crippen molar-refractivity contribution in [2.24, 2.45) is 5.73 Å². The first kappa shape index (κ1) is 14.4. The van der Waals surface area contributed by atoms with Crippen LogP contribution >= 0.6 is 0 Å². The third-order valence-electron chi connectivity index (χ3n) is 3.36. The Morgan fingerprint density at radius 1 is 1.35 bits per heavy atom. The minimum Gasteiger partial charge on any atom is -0.368 e. The van der Waals surface area contributed by atoms with Gasteiger partial charge in [-0.2, -0.15) is 17.4 Å². The Bertz CT molecular complexity index is 386. The molecular formula is C10H21N3O3S. The number of nitrogens with one attached hydrogen (secondary N) is 1. The lowest BCUT2D eigenvalue weighted by Crippen LogP contribution is -2.59. The normalized spacial score (nSPS) is 20.1. The van der Waals surface area contributed by atoms with E-state index in [-0.39, 0.29) is 6.04 Å². The summed E-state index contributed by atoms with van der Waals surface area (Å²) in [5.41, 5.74) is 4.24. The van der Waals surface area contributed by atoms with Crippen LogP contribution in [0.1, 0.15) is 39.5 Å². The van der Waals surface area contributed by atoms with Crippen LogP contribution in [0.15, 0.2) is 0 Å². The number of hydrogen-bond acceptors (Lipinski definition) is 3. The molecule has 0 aromatic heterocycles. The van der Waals surface area contributed by atoms with E-state index < -0.39 is 21.7 Å². The Balaban J connectivity index is 2.92. The maximum Gasteiger partial charge on any atom is 0.280 e. The lowest BCUT2D eigenvalue weighted by Gasteiger charge is -2.30. The second kappa shape index (κ2) is 4.91. The van der Waals surface area contributed by atoms with Crippen LogP contribution in [0, 0.1) is 0 Å². The largest absolute Gasteiger partial charge is 0.368 e. The van der Waals surface area contributed by atoms with Crippen molar-refractivity contribution in [1.29, 1.82) is 0 Å². The molecule has 0 aliphatic heterocycles. The van der Waals surface area contributed by atoms with Gasteiger partial charge in [-0.05, 0) is 26.7 Å². The Kier molecular flexibility index (Phi) is 4.16. The second-order valence-electron chi connectivity index (χ2n) is 4.87. The van der Waals surface area contributed by atoms with Crippen LogP contribution in [0.5, 0.6) is 0 Å². The van der Waals surface area contributed by atoms with Gasteiger partial charge in [0.2, 0.25) is 5.91 Å². The zero-order valence-electron chi connectivity index (χ0n) is 10.6. The molecule has 6 nitrogen and oxygen atoms in total. The summed E-state index contributed by atoms with van der Waals surface area (Å²) in [5.74, 6) is -0.587. The van der Waals surface area contributed by atoms with E-state index >= 15 is 0 Å². The lowest BCUT2D eigenvalue weighted by molar-refractivity contribution is -0.123. The molecular weight excluding hydrogens is 242 g/mol. The van der Waals surface area contributed by atoms with Gasteiger partial charge in [-0.1, -0.05) is 12.8 Å². The number of nitrogens with two attached hydrogens (primary N) is 1. The number of primary amides is 1. The fourth-order valence-corrected chi connectivity index (χ4v) is 3.47. The van der Waals surface area contributed by atoms with Gasteiger partial charge in [0, 0.05) is 13.1 Å². The molecule has 1 aliphatic carbocycles. The highest BCUT2D eigenvalue weighted by Gasteiger charge is 2.43. The van der Waals surface area contributed by atoms with E-state index in [0.29, 0.717) is 12.8 Å². The second-order valence-corrected chi connectivity index (χ2v) is 6.60. The predicted molar refractivity (Wildman–Crippen MR) is 65.3 cm³/mol. The highest BCUT2D eigenvalue weighted by molar-refractivity contribution is 7.87. The standard InChI is InChI=1S/C10H21N3O3S/c1-8(2)13(3)17(15,16)12-10(9(11)14)6-4-5-7-10/h8,12H,4-7H2,1-3H3,(H2,11,14). The molecule has 0 spiro atoms. The summed E-state index contributed by atoms with van der Waals surface area (Å²) in [6, 6.07) is -0.168. The van der Waals surface area contributed by atoms with Crippen molar-refractivity contribution in [2.45, 2.75) is 51.1 Å². The molecule has 1 aliphatic rings. The summed E-state index contributed by atoms with van der Waals surface area (Å²) in [4.78, 5) is 11.5. The molecule has 1 saturated carbocycles. The molecule has 0 aromatic rings. The Morgan fingerprint density at radius 2 is 1.82 bits per heavy atom. The predicted octanol–water partition coefficient (Wildman–Crippen LogP) is -0.0409. The topological polar surface area (TPSA) is 92.5 Å². The summed E-state index contributed by atoms with van der Waals surface area (Å²) in [7, 11) is -2.18. The van der Waals surface area contributed by atoms with Gasteiger partial charge in [0.15, 0.2) is 0 Å². The van der Waals surface area contributed by atoms with Crippen molar-refractivity contribution in [2.75, 3.05) is 7.05 Å². The molecule has 0 bridgehead atoms. The average molecular weight is 263 g/mol. The van der Waals surface area contributed by atoms with Crippen LogP contribution in [-0.4, -0.2) is 37.3 Å². The molecule has 0 heterocycles. The Hall–Kier alpha value is -0.660. The van der Waals surface area contributed by atoms with Crippen molar-refractivity contribution in [3.05, 3.63) is 0 Å².